The monoisotopic (exact) mass is 241 g/mol. The van der Waals surface area contributed by atoms with Gasteiger partial charge in [0.2, 0.25) is 0 Å². The predicted molar refractivity (Wildman–Crippen MR) is 45.5 cm³/mol. The highest BCUT2D eigenvalue weighted by atomic mass is 19.4. The van der Waals surface area contributed by atoms with Gasteiger partial charge in [-0.05, 0) is 6.92 Å². The first kappa shape index (κ1) is 14.4. The lowest BCUT2D eigenvalue weighted by Crippen LogP contribution is -2.45. The molecule has 0 aliphatic rings. The third-order valence-electron chi connectivity index (χ3n) is 1.67. The number of carboxylic acid groups (broad SMARTS) is 1. The van der Waals surface area contributed by atoms with Gasteiger partial charge in [-0.1, -0.05) is 0 Å². The van der Waals surface area contributed by atoms with Crippen LogP contribution in [0.25, 0.3) is 0 Å². The van der Waals surface area contributed by atoms with E-state index in [0.29, 0.717) is 0 Å². The van der Waals surface area contributed by atoms with Crippen molar-refractivity contribution in [2.24, 2.45) is 0 Å². The van der Waals surface area contributed by atoms with Crippen LogP contribution in [-0.2, 0) is 14.4 Å². The van der Waals surface area contributed by atoms with E-state index in [1.165, 1.54) is 5.32 Å². The second-order valence-corrected chi connectivity index (χ2v) is 3.05. The van der Waals surface area contributed by atoms with Crippen molar-refractivity contribution in [3.05, 3.63) is 0 Å². The number of carbonyl (C=O) groups is 3. The van der Waals surface area contributed by atoms with Gasteiger partial charge in [0.25, 0.3) is 0 Å². The standard InChI is InChI=1S/C8H10F3NO4/c1-4(5(13)2-3-6(14)15)12-7(16)8(9,10)11/h4H,2-3H2,1H3,(H,12,16)(H,14,15)/t4-/m0/s1. The molecule has 2 N–H and O–H groups in total. The van der Waals surface area contributed by atoms with Gasteiger partial charge in [0.15, 0.2) is 5.78 Å². The van der Waals surface area contributed by atoms with Crippen molar-refractivity contribution in [1.29, 1.82) is 0 Å². The number of hydrogen-bond acceptors (Lipinski definition) is 3. The van der Waals surface area contributed by atoms with Gasteiger partial charge in [0.1, 0.15) is 0 Å². The van der Waals surface area contributed by atoms with Gasteiger partial charge in [0.05, 0.1) is 12.5 Å². The fourth-order valence-electron chi connectivity index (χ4n) is 0.806. The SMILES string of the molecule is C[C@H](NC(=O)C(F)(F)F)C(=O)CCC(=O)O. The molecule has 1 atom stereocenters. The second-order valence-electron chi connectivity index (χ2n) is 3.05. The summed E-state index contributed by atoms with van der Waals surface area (Å²) in [6.07, 6.45) is -5.96. The molecule has 0 aromatic heterocycles. The number of ketones is 1. The van der Waals surface area contributed by atoms with Gasteiger partial charge in [0, 0.05) is 6.42 Å². The van der Waals surface area contributed by atoms with Gasteiger partial charge in [-0.3, -0.25) is 14.4 Å². The Morgan fingerprint density at radius 3 is 2.12 bits per heavy atom. The van der Waals surface area contributed by atoms with Gasteiger partial charge >= 0.3 is 18.1 Å². The Morgan fingerprint density at radius 2 is 1.75 bits per heavy atom. The third-order valence-corrected chi connectivity index (χ3v) is 1.67. The molecule has 0 unspecified atom stereocenters. The lowest BCUT2D eigenvalue weighted by atomic mass is 10.1. The van der Waals surface area contributed by atoms with E-state index in [0.717, 1.165) is 6.92 Å². The molecule has 16 heavy (non-hydrogen) atoms. The highest BCUT2D eigenvalue weighted by Gasteiger charge is 2.39. The highest BCUT2D eigenvalue weighted by molar-refractivity contribution is 5.91. The van der Waals surface area contributed by atoms with Crippen LogP contribution in [-0.4, -0.2) is 35.0 Å². The van der Waals surface area contributed by atoms with Crippen molar-refractivity contribution in [3.63, 3.8) is 0 Å². The molecule has 0 rings (SSSR count). The number of alkyl halides is 3. The number of Topliss-reactive ketones (excluding diaryl/α,β-unsaturated/α-hetero) is 1. The number of hydrogen-bond donors (Lipinski definition) is 2. The van der Waals surface area contributed by atoms with Gasteiger partial charge in [-0.15, -0.1) is 0 Å². The number of nitrogens with one attached hydrogen (secondary N) is 1. The van der Waals surface area contributed by atoms with Crippen molar-refractivity contribution >= 4 is 17.7 Å². The Bertz CT molecular complexity index is 300. The van der Waals surface area contributed by atoms with Crippen LogP contribution in [0.4, 0.5) is 13.2 Å². The van der Waals surface area contributed by atoms with Crippen molar-refractivity contribution < 1.29 is 32.7 Å². The predicted octanol–water partition coefficient (Wildman–Crippen LogP) is 0.487. The first-order valence-corrected chi connectivity index (χ1v) is 4.26. The second kappa shape index (κ2) is 5.47. The summed E-state index contributed by atoms with van der Waals surface area (Å²) < 4.78 is 35.3. The van der Waals surface area contributed by atoms with Crippen LogP contribution in [0.3, 0.4) is 0 Å². The van der Waals surface area contributed by atoms with Crippen LogP contribution >= 0.6 is 0 Å². The zero-order valence-corrected chi connectivity index (χ0v) is 8.30. The Hall–Kier alpha value is -1.60. The molecule has 0 saturated heterocycles. The lowest BCUT2D eigenvalue weighted by Gasteiger charge is -2.13. The summed E-state index contributed by atoms with van der Waals surface area (Å²) in [6, 6.07) is -1.35. The lowest BCUT2D eigenvalue weighted by molar-refractivity contribution is -0.174. The average molecular weight is 241 g/mol. The van der Waals surface area contributed by atoms with E-state index in [1.54, 1.807) is 0 Å². The maximum Gasteiger partial charge on any atom is 0.471 e. The Morgan fingerprint density at radius 1 is 1.25 bits per heavy atom. The van der Waals surface area contributed by atoms with E-state index < -0.39 is 42.7 Å². The molecule has 1 amide bonds. The number of rotatable bonds is 5. The van der Waals surface area contributed by atoms with E-state index in [9.17, 15) is 27.6 Å². The minimum absolute atomic E-state index is 0.422. The number of aliphatic carboxylic acids is 1. The quantitative estimate of drug-likeness (QED) is 0.733. The van der Waals surface area contributed by atoms with E-state index in [-0.39, 0.29) is 0 Å². The number of amides is 1. The van der Waals surface area contributed by atoms with Crippen molar-refractivity contribution in [3.8, 4) is 0 Å². The average Bonchev–Trinajstić information content (AvgIpc) is 2.12. The molecule has 92 valence electrons. The summed E-state index contributed by atoms with van der Waals surface area (Å²) >= 11 is 0. The maximum absolute atomic E-state index is 11.8. The molecule has 0 spiro atoms. The maximum atomic E-state index is 11.8. The van der Waals surface area contributed by atoms with Gasteiger partial charge in [-0.2, -0.15) is 13.2 Å². The zero-order chi connectivity index (χ0) is 12.9. The largest absolute Gasteiger partial charge is 0.481 e. The van der Waals surface area contributed by atoms with Gasteiger partial charge in [-0.25, -0.2) is 0 Å². The molecule has 0 aliphatic carbocycles. The highest BCUT2D eigenvalue weighted by Crippen LogP contribution is 2.14. The van der Waals surface area contributed by atoms with Crippen LogP contribution in [0.15, 0.2) is 0 Å². The van der Waals surface area contributed by atoms with Crippen molar-refractivity contribution in [2.75, 3.05) is 0 Å². The topological polar surface area (TPSA) is 83.5 Å². The first-order chi connectivity index (χ1) is 7.14. The molecule has 0 bridgehead atoms. The Labute approximate surface area is 88.6 Å². The molecule has 0 aromatic carbocycles. The fourth-order valence-corrected chi connectivity index (χ4v) is 0.806. The summed E-state index contributed by atoms with van der Waals surface area (Å²) in [5, 5.41) is 9.67. The van der Waals surface area contributed by atoms with E-state index >= 15 is 0 Å². The smallest absolute Gasteiger partial charge is 0.471 e. The summed E-state index contributed by atoms with van der Waals surface area (Å²) in [5.41, 5.74) is 0. The minimum Gasteiger partial charge on any atom is -0.481 e. The van der Waals surface area contributed by atoms with Crippen LogP contribution in [0.5, 0.6) is 0 Å². The molecule has 8 heteroatoms. The molecule has 5 nitrogen and oxygen atoms in total. The molecule has 0 heterocycles. The number of carboxylic acids is 1. The molecular formula is C8H10F3NO4. The number of carbonyl (C=O) groups excluding carboxylic acids is 2. The fraction of sp³-hybridized carbons (Fsp3) is 0.625. The number of halogens is 3. The van der Waals surface area contributed by atoms with Crippen LogP contribution in [0.2, 0.25) is 0 Å². The van der Waals surface area contributed by atoms with Crippen LogP contribution in [0, 0.1) is 0 Å². The molecule has 0 saturated carbocycles. The Balaban J connectivity index is 4.16. The zero-order valence-electron chi connectivity index (χ0n) is 8.30. The summed E-state index contributed by atoms with van der Waals surface area (Å²) in [5.74, 6) is -4.22. The summed E-state index contributed by atoms with van der Waals surface area (Å²) in [7, 11) is 0. The van der Waals surface area contributed by atoms with E-state index in [1.807, 2.05) is 0 Å². The molecule has 0 radical (unpaired) electrons. The van der Waals surface area contributed by atoms with Crippen LogP contribution < -0.4 is 5.32 Å². The molecule has 0 aromatic rings. The van der Waals surface area contributed by atoms with E-state index in [2.05, 4.69) is 0 Å². The van der Waals surface area contributed by atoms with Crippen molar-refractivity contribution in [2.45, 2.75) is 32.0 Å². The molecule has 0 fully saturated rings. The molecule has 0 aliphatic heterocycles. The van der Waals surface area contributed by atoms with Gasteiger partial charge < -0.3 is 10.4 Å². The summed E-state index contributed by atoms with van der Waals surface area (Å²) in [4.78, 5) is 31.6. The Kier molecular flexibility index (Phi) is 4.93. The van der Waals surface area contributed by atoms with Crippen LogP contribution in [0.1, 0.15) is 19.8 Å². The third kappa shape index (κ3) is 5.32. The first-order valence-electron chi connectivity index (χ1n) is 4.26. The van der Waals surface area contributed by atoms with E-state index in [4.69, 9.17) is 5.11 Å². The molecular weight excluding hydrogens is 231 g/mol. The summed E-state index contributed by atoms with van der Waals surface area (Å²) in [6.45, 7) is 1.06. The normalized spacial score (nSPS) is 13.0. The minimum atomic E-state index is -5.05. The van der Waals surface area contributed by atoms with Crippen molar-refractivity contribution in [1.82, 2.24) is 5.32 Å².